The van der Waals surface area contributed by atoms with Crippen molar-refractivity contribution in [3.05, 3.63) is 211 Å². The Morgan fingerprint density at radius 3 is 2.13 bits per heavy atom. The molecule has 0 aromatic heterocycles. The largest absolute Gasteiger partial charge is 0.335 e. The molecule has 3 heterocycles. The number of rotatable bonds is 6. The molecule has 2 nitrogen and oxygen atoms in total. The summed E-state index contributed by atoms with van der Waals surface area (Å²) in [7, 11) is -1.70. The lowest BCUT2D eigenvalue weighted by Gasteiger charge is -2.65. The van der Waals surface area contributed by atoms with Crippen LogP contribution in [-0.4, -0.2) is 23.5 Å². The topological polar surface area (TPSA) is 6.48 Å². The zero-order valence-corrected chi connectivity index (χ0v) is 36.1. The van der Waals surface area contributed by atoms with Gasteiger partial charge in [0.2, 0.25) is 6.71 Å². The number of anilines is 4. The van der Waals surface area contributed by atoms with Gasteiger partial charge in [-0.1, -0.05) is 178 Å². The van der Waals surface area contributed by atoms with E-state index >= 15 is 0 Å². The molecule has 6 aromatic carbocycles. The molecule has 0 amide bonds. The predicted octanol–water partition coefficient (Wildman–Crippen LogP) is 13.4. The van der Waals surface area contributed by atoms with Gasteiger partial charge in [0.05, 0.1) is 11.6 Å². The first-order chi connectivity index (χ1) is 30.0. The minimum absolute atomic E-state index is 0.0875. The molecule has 12 rings (SSSR count). The molecule has 0 saturated heterocycles. The highest BCUT2D eigenvalue weighted by Gasteiger charge is 2.62. The van der Waals surface area contributed by atoms with E-state index in [1.807, 2.05) is 0 Å². The van der Waals surface area contributed by atoms with Crippen molar-refractivity contribution in [3.63, 3.8) is 0 Å². The van der Waals surface area contributed by atoms with E-state index in [0.717, 1.165) is 5.75 Å². The van der Waals surface area contributed by atoms with Crippen LogP contribution < -0.4 is 20.7 Å². The molecule has 61 heavy (non-hydrogen) atoms. The van der Waals surface area contributed by atoms with Crippen molar-refractivity contribution < 1.29 is 0 Å². The lowest BCUT2D eigenvalue weighted by atomic mass is 9.23. The highest BCUT2D eigenvalue weighted by molar-refractivity contribution is 8.34. The van der Waals surface area contributed by atoms with Crippen molar-refractivity contribution in [1.29, 1.82) is 0 Å². The molecule has 0 radical (unpaired) electrons. The van der Waals surface area contributed by atoms with E-state index in [2.05, 4.69) is 218 Å². The van der Waals surface area contributed by atoms with Crippen LogP contribution in [0.25, 0.3) is 5.57 Å². The first kappa shape index (κ1) is 37.1. The van der Waals surface area contributed by atoms with Gasteiger partial charge < -0.3 is 9.80 Å². The van der Waals surface area contributed by atoms with Gasteiger partial charge in [-0.05, 0) is 112 Å². The van der Waals surface area contributed by atoms with Crippen LogP contribution in [-0.2, 0) is 5.75 Å². The van der Waals surface area contributed by atoms with Crippen LogP contribution in [0.2, 0.25) is 5.31 Å². The fourth-order valence-electron chi connectivity index (χ4n) is 12.6. The summed E-state index contributed by atoms with van der Waals surface area (Å²) in [5.74, 6) is 1.55. The predicted molar refractivity (Wildman–Crippen MR) is 261 cm³/mol. The fraction of sp³-hybridized carbons (Fsp3) is 0.228. The summed E-state index contributed by atoms with van der Waals surface area (Å²) in [5, 5.41) is -0.0165. The lowest BCUT2D eigenvalue weighted by molar-refractivity contribution is 0.443. The van der Waals surface area contributed by atoms with Crippen molar-refractivity contribution in [2.45, 2.75) is 89.6 Å². The molecule has 1 fully saturated rings. The van der Waals surface area contributed by atoms with Gasteiger partial charge in [0.25, 0.3) is 0 Å². The Morgan fingerprint density at radius 2 is 1.38 bits per heavy atom. The van der Waals surface area contributed by atoms with E-state index in [4.69, 9.17) is 0 Å². The molecule has 0 spiro atoms. The van der Waals surface area contributed by atoms with E-state index in [1.165, 1.54) is 97.8 Å². The molecular formula is C57H53BN2S. The molecule has 5 unspecified atom stereocenters. The highest BCUT2D eigenvalue weighted by Crippen LogP contribution is 2.76. The van der Waals surface area contributed by atoms with Crippen molar-refractivity contribution >= 4 is 56.0 Å². The van der Waals surface area contributed by atoms with Gasteiger partial charge in [-0.15, -0.1) is 0 Å². The minimum Gasteiger partial charge on any atom is -0.335 e. The Kier molecular flexibility index (Phi) is 8.62. The van der Waals surface area contributed by atoms with Gasteiger partial charge in [-0.3, -0.25) is 0 Å². The number of allylic oxidation sites excluding steroid dienone is 4. The van der Waals surface area contributed by atoms with Crippen molar-refractivity contribution in [2.75, 3.05) is 9.80 Å². The number of hydrogen-bond acceptors (Lipinski definition) is 2. The Balaban J connectivity index is 1.20. The van der Waals surface area contributed by atoms with Gasteiger partial charge in [0, 0.05) is 38.6 Å². The monoisotopic (exact) mass is 808 g/mol. The molecule has 300 valence electrons. The third-order valence-corrected chi connectivity index (χ3v) is 19.9. The van der Waals surface area contributed by atoms with E-state index in [-0.39, 0.29) is 28.9 Å². The molecule has 0 bridgehead atoms. The van der Waals surface area contributed by atoms with Crippen LogP contribution in [0.1, 0.15) is 68.6 Å². The Hall–Kier alpha value is -5.71. The van der Waals surface area contributed by atoms with Crippen LogP contribution in [0.5, 0.6) is 0 Å². The highest BCUT2D eigenvalue weighted by atomic mass is 32.3. The number of nitrogens with zero attached hydrogens (tertiary/aromatic N) is 2. The SMILES string of the molecule is CC12C=CC(c3ccccc3)=CC1N(c1ccccc1)c1cc(C3CCCCC3)cc3c1B2c1cccc2c1N3C1(C)C=CC=CC1S2(Cc1ccccc1)c1ccccc1. The second-order valence-corrected chi connectivity index (χ2v) is 22.0. The molecule has 6 aromatic rings. The summed E-state index contributed by atoms with van der Waals surface area (Å²) >= 11 is 0. The summed E-state index contributed by atoms with van der Waals surface area (Å²) in [5.41, 5.74) is 13.7. The van der Waals surface area contributed by atoms with Gasteiger partial charge in [0.15, 0.2) is 0 Å². The number of hydrogen-bond donors (Lipinski definition) is 0. The van der Waals surface area contributed by atoms with Crippen LogP contribution in [0.3, 0.4) is 0 Å². The molecule has 3 aliphatic carbocycles. The maximum Gasteiger partial charge on any atom is 0.229 e. The zero-order chi connectivity index (χ0) is 40.8. The van der Waals surface area contributed by atoms with Crippen molar-refractivity contribution in [1.82, 2.24) is 0 Å². The minimum atomic E-state index is -1.70. The summed E-state index contributed by atoms with van der Waals surface area (Å²) in [6.45, 7) is 5.29. The van der Waals surface area contributed by atoms with Crippen LogP contribution in [0, 0.1) is 0 Å². The second-order valence-electron chi connectivity index (χ2n) is 18.7. The third kappa shape index (κ3) is 5.43. The van der Waals surface area contributed by atoms with E-state index in [9.17, 15) is 0 Å². The van der Waals surface area contributed by atoms with Crippen LogP contribution in [0.4, 0.5) is 22.7 Å². The Labute approximate surface area is 364 Å². The van der Waals surface area contributed by atoms with E-state index in [0.29, 0.717) is 5.92 Å². The quantitative estimate of drug-likeness (QED) is 0.155. The summed E-state index contributed by atoms with van der Waals surface area (Å²) in [4.78, 5) is 8.64. The molecule has 1 saturated carbocycles. The molecule has 3 aliphatic heterocycles. The average molecular weight is 809 g/mol. The van der Waals surface area contributed by atoms with E-state index < -0.39 is 10.0 Å². The summed E-state index contributed by atoms with van der Waals surface area (Å²) < 4.78 is 0. The Bertz CT molecular complexity index is 2770. The van der Waals surface area contributed by atoms with Gasteiger partial charge in [-0.2, -0.15) is 10.0 Å². The first-order valence-corrected chi connectivity index (χ1v) is 24.5. The fourth-order valence-corrected chi connectivity index (χ4v) is 17.5. The third-order valence-electron chi connectivity index (χ3n) is 15.3. The number of fused-ring (bicyclic) bond motifs is 6. The van der Waals surface area contributed by atoms with Crippen molar-refractivity contribution in [3.8, 4) is 0 Å². The lowest BCUT2D eigenvalue weighted by Crippen LogP contribution is -2.70. The van der Waals surface area contributed by atoms with Crippen LogP contribution in [0.15, 0.2) is 204 Å². The molecule has 5 atom stereocenters. The number of benzene rings is 6. The second kappa shape index (κ2) is 14.2. The van der Waals surface area contributed by atoms with Gasteiger partial charge in [-0.25, -0.2) is 0 Å². The summed E-state index contributed by atoms with van der Waals surface area (Å²) in [6, 6.07) is 58.3. The van der Waals surface area contributed by atoms with Crippen molar-refractivity contribution in [2.24, 2.45) is 0 Å². The Morgan fingerprint density at radius 1 is 0.689 bits per heavy atom. The molecule has 6 aliphatic rings. The van der Waals surface area contributed by atoms with Gasteiger partial charge >= 0.3 is 0 Å². The van der Waals surface area contributed by atoms with Crippen LogP contribution >= 0.6 is 10.0 Å². The van der Waals surface area contributed by atoms with E-state index in [1.54, 1.807) is 0 Å². The first-order valence-electron chi connectivity index (χ1n) is 22.7. The summed E-state index contributed by atoms with van der Waals surface area (Å²) in [6.07, 6.45) is 24.0. The van der Waals surface area contributed by atoms with Gasteiger partial charge in [0.1, 0.15) is 0 Å². The maximum absolute atomic E-state index is 2.88. The zero-order valence-electron chi connectivity index (χ0n) is 35.3. The normalized spacial score (nSPS) is 27.9. The molecular weight excluding hydrogens is 756 g/mol. The molecule has 4 heteroatoms. The average Bonchev–Trinajstić information content (AvgIpc) is 3.32. The number of para-hydroxylation sites is 2. The smallest absolute Gasteiger partial charge is 0.229 e. The molecule has 0 N–H and O–H groups in total. The standard InChI is InChI=1S/C57H53BN2S/c1-56-36-34-44(42-23-10-4-11-24-42)39-52(56)59(46-27-14-6-15-28-46)49-37-45(43-25-12-5-13-26-43)38-50-54(49)58(56)48-31-20-32-51-55(48)60(50)57(2)35-19-18-33-53(57)61(51,47-29-16-7-17-30-47)40-41-21-8-3-9-22-41/h3-4,6-11,14-24,27-39,43,52-53H,5,12-13,25-26,40H2,1-2H3. The maximum atomic E-state index is 2.88.